The molecule has 14 heavy (non-hydrogen) atoms. The van der Waals surface area contributed by atoms with Crippen molar-refractivity contribution in [3.63, 3.8) is 0 Å². The fraction of sp³-hybridized carbons (Fsp3) is 0.300. The van der Waals surface area contributed by atoms with Crippen LogP contribution in [0.3, 0.4) is 0 Å². The summed E-state index contributed by atoms with van der Waals surface area (Å²) in [6.07, 6.45) is 0. The van der Waals surface area contributed by atoms with Crippen molar-refractivity contribution in [1.82, 2.24) is 4.90 Å². The van der Waals surface area contributed by atoms with Crippen molar-refractivity contribution in [1.29, 1.82) is 0 Å². The standard InChI is InChI=1S/C10H11BrFNO/c1-3-13(2)10(14)8-5-4-7(12)6-9(8)11/h4-6H,3H2,1-2H3. The van der Waals surface area contributed by atoms with Crippen molar-refractivity contribution in [2.75, 3.05) is 13.6 Å². The Morgan fingerprint density at radius 2 is 2.21 bits per heavy atom. The number of benzene rings is 1. The molecular formula is C10H11BrFNO. The first kappa shape index (κ1) is 11.2. The second-order valence-corrected chi connectivity index (χ2v) is 3.80. The van der Waals surface area contributed by atoms with Crippen molar-refractivity contribution >= 4 is 21.8 Å². The Labute approximate surface area is 90.8 Å². The monoisotopic (exact) mass is 259 g/mol. The summed E-state index contributed by atoms with van der Waals surface area (Å²) in [7, 11) is 1.71. The third kappa shape index (κ3) is 2.32. The number of hydrogen-bond acceptors (Lipinski definition) is 1. The highest BCUT2D eigenvalue weighted by molar-refractivity contribution is 9.10. The number of hydrogen-bond donors (Lipinski definition) is 0. The first-order valence-electron chi connectivity index (χ1n) is 4.26. The molecule has 2 nitrogen and oxygen atoms in total. The van der Waals surface area contributed by atoms with Crippen LogP contribution in [-0.4, -0.2) is 24.4 Å². The van der Waals surface area contributed by atoms with Gasteiger partial charge in [0, 0.05) is 18.1 Å². The van der Waals surface area contributed by atoms with Crippen LogP contribution in [0, 0.1) is 5.82 Å². The Kier molecular flexibility index (Phi) is 3.63. The van der Waals surface area contributed by atoms with Gasteiger partial charge in [-0.2, -0.15) is 0 Å². The maximum Gasteiger partial charge on any atom is 0.254 e. The van der Waals surface area contributed by atoms with E-state index in [9.17, 15) is 9.18 Å². The first-order valence-corrected chi connectivity index (χ1v) is 5.06. The van der Waals surface area contributed by atoms with Gasteiger partial charge in [0.1, 0.15) is 5.82 Å². The molecule has 0 aliphatic rings. The molecule has 76 valence electrons. The number of nitrogens with zero attached hydrogens (tertiary/aromatic N) is 1. The van der Waals surface area contributed by atoms with E-state index >= 15 is 0 Å². The lowest BCUT2D eigenvalue weighted by Gasteiger charge is -2.15. The highest BCUT2D eigenvalue weighted by Crippen LogP contribution is 2.19. The first-order chi connectivity index (χ1) is 6.56. The highest BCUT2D eigenvalue weighted by Gasteiger charge is 2.13. The second kappa shape index (κ2) is 4.55. The van der Waals surface area contributed by atoms with Crippen LogP contribution in [0.1, 0.15) is 17.3 Å². The van der Waals surface area contributed by atoms with Gasteiger partial charge >= 0.3 is 0 Å². The van der Waals surface area contributed by atoms with Gasteiger partial charge in [0.25, 0.3) is 5.91 Å². The normalized spacial score (nSPS) is 10.0. The Balaban J connectivity index is 3.02. The van der Waals surface area contributed by atoms with E-state index in [4.69, 9.17) is 0 Å². The summed E-state index contributed by atoms with van der Waals surface area (Å²) in [5, 5.41) is 0. The number of amides is 1. The van der Waals surface area contributed by atoms with Gasteiger partial charge in [-0.1, -0.05) is 0 Å². The molecule has 1 rings (SSSR count). The smallest absolute Gasteiger partial charge is 0.254 e. The summed E-state index contributed by atoms with van der Waals surface area (Å²) in [5.41, 5.74) is 0.482. The fourth-order valence-electron chi connectivity index (χ4n) is 1.01. The fourth-order valence-corrected chi connectivity index (χ4v) is 1.53. The Morgan fingerprint density at radius 1 is 1.57 bits per heavy atom. The van der Waals surface area contributed by atoms with Crippen molar-refractivity contribution in [2.24, 2.45) is 0 Å². The largest absolute Gasteiger partial charge is 0.342 e. The average molecular weight is 260 g/mol. The number of rotatable bonds is 2. The molecule has 0 heterocycles. The van der Waals surface area contributed by atoms with E-state index in [0.717, 1.165) is 0 Å². The van der Waals surface area contributed by atoms with Crippen LogP contribution in [0.5, 0.6) is 0 Å². The molecule has 0 saturated carbocycles. The molecule has 0 spiro atoms. The van der Waals surface area contributed by atoms with E-state index in [1.807, 2.05) is 6.92 Å². The van der Waals surface area contributed by atoms with Crippen LogP contribution >= 0.6 is 15.9 Å². The van der Waals surface area contributed by atoms with E-state index in [0.29, 0.717) is 16.6 Å². The topological polar surface area (TPSA) is 20.3 Å². The molecule has 0 aliphatic carbocycles. The molecule has 0 radical (unpaired) electrons. The predicted octanol–water partition coefficient (Wildman–Crippen LogP) is 2.68. The molecular weight excluding hydrogens is 249 g/mol. The lowest BCUT2D eigenvalue weighted by atomic mass is 10.2. The Bertz CT molecular complexity index is 354. The molecule has 0 aliphatic heterocycles. The summed E-state index contributed by atoms with van der Waals surface area (Å²) >= 11 is 3.16. The molecule has 0 atom stereocenters. The van der Waals surface area contributed by atoms with Gasteiger partial charge in [-0.15, -0.1) is 0 Å². The summed E-state index contributed by atoms with van der Waals surface area (Å²) in [6, 6.07) is 4.05. The second-order valence-electron chi connectivity index (χ2n) is 2.94. The van der Waals surface area contributed by atoms with E-state index in [-0.39, 0.29) is 11.7 Å². The molecule has 0 unspecified atom stereocenters. The Morgan fingerprint density at radius 3 is 2.71 bits per heavy atom. The quantitative estimate of drug-likeness (QED) is 0.800. The molecule has 4 heteroatoms. The zero-order valence-electron chi connectivity index (χ0n) is 8.05. The molecule has 0 bridgehead atoms. The maximum absolute atomic E-state index is 12.7. The summed E-state index contributed by atoms with van der Waals surface area (Å²) in [6.45, 7) is 2.51. The summed E-state index contributed by atoms with van der Waals surface area (Å²) < 4.78 is 13.2. The van der Waals surface area contributed by atoms with Gasteiger partial charge < -0.3 is 4.90 Å². The number of carbonyl (C=O) groups is 1. The van der Waals surface area contributed by atoms with Crippen molar-refractivity contribution < 1.29 is 9.18 Å². The van der Waals surface area contributed by atoms with Gasteiger partial charge in [0.05, 0.1) is 5.56 Å². The minimum Gasteiger partial charge on any atom is -0.342 e. The van der Waals surface area contributed by atoms with Crippen LogP contribution < -0.4 is 0 Å². The lowest BCUT2D eigenvalue weighted by Crippen LogP contribution is -2.26. The van der Waals surface area contributed by atoms with Gasteiger partial charge in [0.15, 0.2) is 0 Å². The van der Waals surface area contributed by atoms with Crippen LogP contribution in [0.25, 0.3) is 0 Å². The van der Waals surface area contributed by atoms with Crippen LogP contribution in [-0.2, 0) is 0 Å². The van der Waals surface area contributed by atoms with E-state index < -0.39 is 0 Å². The maximum atomic E-state index is 12.7. The molecule has 0 fully saturated rings. The molecule has 0 N–H and O–H groups in total. The molecule has 0 aromatic heterocycles. The van der Waals surface area contributed by atoms with Gasteiger partial charge in [-0.05, 0) is 41.1 Å². The molecule has 0 saturated heterocycles. The van der Waals surface area contributed by atoms with E-state index in [1.54, 1.807) is 11.9 Å². The minimum absolute atomic E-state index is 0.112. The molecule has 1 amide bonds. The van der Waals surface area contributed by atoms with Gasteiger partial charge in [0.2, 0.25) is 0 Å². The van der Waals surface area contributed by atoms with E-state index in [1.165, 1.54) is 18.2 Å². The Hall–Kier alpha value is -0.900. The van der Waals surface area contributed by atoms with Crippen LogP contribution in [0.15, 0.2) is 22.7 Å². The molecule has 1 aromatic rings. The SMILES string of the molecule is CCN(C)C(=O)c1ccc(F)cc1Br. The van der Waals surface area contributed by atoms with Crippen LogP contribution in [0.4, 0.5) is 4.39 Å². The van der Waals surface area contributed by atoms with Gasteiger partial charge in [-0.25, -0.2) is 4.39 Å². The van der Waals surface area contributed by atoms with Crippen molar-refractivity contribution in [2.45, 2.75) is 6.92 Å². The third-order valence-corrected chi connectivity index (χ3v) is 2.64. The van der Waals surface area contributed by atoms with E-state index in [2.05, 4.69) is 15.9 Å². The zero-order valence-corrected chi connectivity index (χ0v) is 9.64. The number of halogens is 2. The number of carbonyl (C=O) groups excluding carboxylic acids is 1. The van der Waals surface area contributed by atoms with Crippen molar-refractivity contribution in [3.8, 4) is 0 Å². The lowest BCUT2D eigenvalue weighted by molar-refractivity contribution is 0.0801. The van der Waals surface area contributed by atoms with Gasteiger partial charge in [-0.3, -0.25) is 4.79 Å². The minimum atomic E-state index is -0.354. The molecule has 1 aromatic carbocycles. The average Bonchev–Trinajstić information content (AvgIpc) is 2.15. The third-order valence-electron chi connectivity index (χ3n) is 1.98. The summed E-state index contributed by atoms with van der Waals surface area (Å²) in [5.74, 6) is -0.466. The van der Waals surface area contributed by atoms with Crippen molar-refractivity contribution in [3.05, 3.63) is 34.1 Å². The summed E-state index contributed by atoms with van der Waals surface area (Å²) in [4.78, 5) is 13.2. The zero-order chi connectivity index (χ0) is 10.7. The predicted molar refractivity (Wildman–Crippen MR) is 56.7 cm³/mol. The van der Waals surface area contributed by atoms with Crippen LogP contribution in [0.2, 0.25) is 0 Å². The highest BCUT2D eigenvalue weighted by atomic mass is 79.9.